The van der Waals surface area contributed by atoms with Gasteiger partial charge in [-0.25, -0.2) is 8.78 Å². The van der Waals surface area contributed by atoms with Gasteiger partial charge < -0.3 is 0 Å². The van der Waals surface area contributed by atoms with Crippen molar-refractivity contribution in [1.82, 2.24) is 0 Å². The summed E-state index contributed by atoms with van der Waals surface area (Å²) < 4.78 is 161. The lowest BCUT2D eigenvalue weighted by molar-refractivity contribution is -0.0337. The van der Waals surface area contributed by atoms with Crippen molar-refractivity contribution in [2.24, 2.45) is 0 Å². The largest absolute Gasteiger partial charge is 0.302 e. The van der Waals surface area contributed by atoms with Crippen LogP contribution in [-0.2, 0) is 23.7 Å². The van der Waals surface area contributed by atoms with Gasteiger partial charge in [0.1, 0.15) is 11.6 Å². The molecule has 0 unspecified atom stereocenters. The Bertz CT molecular complexity index is 1450. The summed E-state index contributed by atoms with van der Waals surface area (Å²) in [7, 11) is 0. The summed E-state index contributed by atoms with van der Waals surface area (Å²) >= 11 is 0. The molecule has 214 valence electrons. The summed E-state index contributed by atoms with van der Waals surface area (Å²) in [5.41, 5.74) is -15.7. The fourth-order valence-corrected chi connectivity index (χ4v) is 6.56. The van der Waals surface area contributed by atoms with Gasteiger partial charge in [-0.3, -0.25) is 0 Å². The van der Waals surface area contributed by atoms with Gasteiger partial charge in [0.15, 0.2) is 0 Å². The number of fused-ring (bicyclic) bond motifs is 4. The normalized spacial score (nSPS) is 19.1. The topological polar surface area (TPSA) is 0 Å². The summed E-state index contributed by atoms with van der Waals surface area (Å²) in [6.45, 7) is 9.80. The SMILES string of the molecule is Cc1c(C)c(C)c2c(c1C)C(F)(F)c1c(F)c3c(c(F)c1C2(F)F)C(F)(F)c1c(C)c(C)c(C)c(C)c1C3(F)F. The number of rotatable bonds is 0. The zero-order valence-electron chi connectivity index (χ0n) is 22.8. The monoisotopic (exact) mass is 574 g/mol. The maximum atomic E-state index is 16.1. The molecule has 2 aliphatic rings. The van der Waals surface area contributed by atoms with E-state index in [1.54, 1.807) is 0 Å². The molecule has 0 bridgehead atoms. The summed E-state index contributed by atoms with van der Waals surface area (Å²) in [5, 5.41) is 0. The molecule has 0 nitrogen and oxygen atoms in total. The minimum absolute atomic E-state index is 0.164. The smallest absolute Gasteiger partial charge is 0.206 e. The van der Waals surface area contributed by atoms with Gasteiger partial charge in [0.05, 0.1) is 22.3 Å². The molecule has 0 atom stereocenters. The highest BCUT2D eigenvalue weighted by atomic mass is 19.3. The van der Waals surface area contributed by atoms with Gasteiger partial charge in [-0.15, -0.1) is 0 Å². The molecule has 0 heterocycles. The Labute approximate surface area is 224 Å². The van der Waals surface area contributed by atoms with Crippen LogP contribution in [0.25, 0.3) is 0 Å². The molecule has 0 aromatic heterocycles. The summed E-state index contributed by atoms with van der Waals surface area (Å²) in [6.07, 6.45) is 0. The van der Waals surface area contributed by atoms with Crippen molar-refractivity contribution in [2.45, 2.75) is 79.1 Å². The minimum Gasteiger partial charge on any atom is -0.206 e. The van der Waals surface area contributed by atoms with Crippen LogP contribution in [0.1, 0.15) is 89.0 Å². The minimum atomic E-state index is -4.75. The van der Waals surface area contributed by atoms with Crippen LogP contribution in [0.2, 0.25) is 0 Å². The second-order valence-electron chi connectivity index (χ2n) is 10.9. The van der Waals surface area contributed by atoms with Gasteiger partial charge in [0.2, 0.25) is 0 Å². The Hall–Kier alpha value is -3.04. The van der Waals surface area contributed by atoms with Gasteiger partial charge in [0.25, 0.3) is 0 Å². The van der Waals surface area contributed by atoms with Crippen LogP contribution in [0.15, 0.2) is 0 Å². The van der Waals surface area contributed by atoms with Crippen molar-refractivity contribution in [3.8, 4) is 0 Å². The third-order valence-corrected chi connectivity index (χ3v) is 9.26. The molecule has 5 rings (SSSR count). The first kappa shape index (κ1) is 28.5. The zero-order chi connectivity index (χ0) is 30.4. The van der Waals surface area contributed by atoms with Crippen LogP contribution in [0.3, 0.4) is 0 Å². The van der Waals surface area contributed by atoms with Crippen molar-refractivity contribution in [3.63, 3.8) is 0 Å². The van der Waals surface area contributed by atoms with E-state index >= 15 is 43.9 Å². The molecule has 3 aromatic rings. The second kappa shape index (κ2) is 7.82. The van der Waals surface area contributed by atoms with Gasteiger partial charge in [-0.2, -0.15) is 35.1 Å². The Morgan fingerprint density at radius 2 is 0.425 bits per heavy atom. The van der Waals surface area contributed by atoms with Gasteiger partial charge in [-0.1, -0.05) is 0 Å². The molecule has 2 aliphatic carbocycles. The van der Waals surface area contributed by atoms with Gasteiger partial charge in [0, 0.05) is 22.3 Å². The Morgan fingerprint density at radius 3 is 0.575 bits per heavy atom. The summed E-state index contributed by atoms with van der Waals surface area (Å²) in [4.78, 5) is 0. The molecule has 0 N–H and O–H groups in total. The maximum Gasteiger partial charge on any atom is 0.302 e. The van der Waals surface area contributed by atoms with Crippen LogP contribution in [0.5, 0.6) is 0 Å². The lowest BCUT2D eigenvalue weighted by atomic mass is 9.69. The Morgan fingerprint density at radius 1 is 0.275 bits per heavy atom. The highest BCUT2D eigenvalue weighted by molar-refractivity contribution is 5.69. The molecular formula is C30H24F10. The highest BCUT2D eigenvalue weighted by Gasteiger charge is 2.65. The zero-order valence-corrected chi connectivity index (χ0v) is 22.8. The molecular weight excluding hydrogens is 550 g/mol. The molecule has 40 heavy (non-hydrogen) atoms. The van der Waals surface area contributed by atoms with Crippen LogP contribution in [0.4, 0.5) is 43.9 Å². The summed E-state index contributed by atoms with van der Waals surface area (Å²) in [5.74, 6) is -24.4. The highest BCUT2D eigenvalue weighted by Crippen LogP contribution is 2.63. The van der Waals surface area contributed by atoms with E-state index in [1.807, 2.05) is 0 Å². The number of hydrogen-bond acceptors (Lipinski definition) is 0. The van der Waals surface area contributed by atoms with Crippen molar-refractivity contribution in [2.75, 3.05) is 0 Å². The maximum absolute atomic E-state index is 16.1. The number of alkyl halides is 8. The molecule has 0 saturated heterocycles. The molecule has 0 amide bonds. The second-order valence-corrected chi connectivity index (χ2v) is 10.9. The molecule has 0 aliphatic heterocycles. The summed E-state index contributed by atoms with van der Waals surface area (Å²) in [6, 6.07) is 0. The van der Waals surface area contributed by atoms with E-state index in [0.29, 0.717) is 0 Å². The van der Waals surface area contributed by atoms with Crippen molar-refractivity contribution in [3.05, 3.63) is 101 Å². The molecule has 0 fully saturated rings. The number of halogens is 10. The average Bonchev–Trinajstić information content (AvgIpc) is 2.83. The molecule has 0 spiro atoms. The number of hydrogen-bond donors (Lipinski definition) is 0. The van der Waals surface area contributed by atoms with E-state index in [2.05, 4.69) is 0 Å². The molecule has 3 aromatic carbocycles. The molecule has 0 radical (unpaired) electrons. The van der Waals surface area contributed by atoms with Crippen LogP contribution in [0, 0.1) is 67.0 Å². The molecule has 0 saturated carbocycles. The first-order valence-electron chi connectivity index (χ1n) is 12.4. The van der Waals surface area contributed by atoms with Gasteiger partial charge >= 0.3 is 23.7 Å². The quantitative estimate of drug-likeness (QED) is 0.235. The Balaban J connectivity index is 2.05. The van der Waals surface area contributed by atoms with Crippen molar-refractivity contribution >= 4 is 0 Å². The van der Waals surface area contributed by atoms with Gasteiger partial charge in [-0.05, 0) is 99.9 Å². The first-order valence-corrected chi connectivity index (χ1v) is 12.4. The van der Waals surface area contributed by atoms with E-state index in [4.69, 9.17) is 0 Å². The fraction of sp³-hybridized carbons (Fsp3) is 0.400. The van der Waals surface area contributed by atoms with Crippen molar-refractivity contribution in [1.29, 1.82) is 0 Å². The predicted molar refractivity (Wildman–Crippen MR) is 129 cm³/mol. The fourth-order valence-electron chi connectivity index (χ4n) is 6.56. The third-order valence-electron chi connectivity index (χ3n) is 9.26. The van der Waals surface area contributed by atoms with Crippen molar-refractivity contribution < 1.29 is 43.9 Å². The first-order chi connectivity index (χ1) is 18.1. The van der Waals surface area contributed by atoms with E-state index in [9.17, 15) is 0 Å². The van der Waals surface area contributed by atoms with E-state index in [-0.39, 0.29) is 44.5 Å². The van der Waals surface area contributed by atoms with E-state index in [1.165, 1.54) is 27.7 Å². The van der Waals surface area contributed by atoms with Crippen LogP contribution >= 0.6 is 0 Å². The van der Waals surface area contributed by atoms with Crippen LogP contribution in [-0.4, -0.2) is 0 Å². The van der Waals surface area contributed by atoms with Crippen LogP contribution < -0.4 is 0 Å². The molecule has 10 heteroatoms. The lowest BCUT2D eigenvalue weighted by Gasteiger charge is -2.42. The van der Waals surface area contributed by atoms with E-state index < -0.39 is 79.8 Å². The predicted octanol–water partition coefficient (Wildman–Crippen LogP) is 9.62. The lowest BCUT2D eigenvalue weighted by Crippen LogP contribution is -2.43. The third kappa shape index (κ3) is 2.95. The average molecular weight is 575 g/mol. The number of benzene rings is 3. The Kier molecular flexibility index (Phi) is 5.57. The van der Waals surface area contributed by atoms with E-state index in [0.717, 1.165) is 27.7 Å². The standard InChI is InChI=1S/C30H24F10/c1-9-10(2)14(6)18-17(13(9)5)27(33,34)21-22(28(18,35)36)26(32)24-23(25(21)31)29(37,38)19-15(7)11(3)12(4)16(8)20(19)30(24,39)40/h1-8H3.